The first-order valence-electron chi connectivity index (χ1n) is 7.79. The molecule has 1 aromatic heterocycles. The zero-order valence-electron chi connectivity index (χ0n) is 13.1. The molecular weight excluding hydrogens is 260 g/mol. The first kappa shape index (κ1) is 14.2. The van der Waals surface area contributed by atoms with Gasteiger partial charge in [0.05, 0.1) is 5.52 Å². The topological polar surface area (TPSA) is 17.4 Å². The zero-order chi connectivity index (χ0) is 14.8. The molecule has 1 aromatic carbocycles. The van der Waals surface area contributed by atoms with Crippen molar-refractivity contribution in [2.24, 2.45) is 0 Å². The van der Waals surface area contributed by atoms with Gasteiger partial charge in [-0.2, -0.15) is 0 Å². The summed E-state index contributed by atoms with van der Waals surface area (Å²) >= 11 is 0. The van der Waals surface area contributed by atoms with Crippen molar-refractivity contribution in [1.29, 1.82) is 0 Å². The average Bonchev–Trinajstić information content (AvgIpc) is 3.09. The van der Waals surface area contributed by atoms with Gasteiger partial charge in [0.15, 0.2) is 0 Å². The molecule has 0 N–H and O–H groups in total. The summed E-state index contributed by atoms with van der Waals surface area (Å²) in [5.41, 5.74) is 3.61. The SMILES string of the molecule is C=Cn1cc(C)c2c(OCCN3CCCC3)c(C)ccc21. The Morgan fingerprint density at radius 3 is 2.67 bits per heavy atom. The first-order chi connectivity index (χ1) is 10.2. The highest BCUT2D eigenvalue weighted by atomic mass is 16.5. The van der Waals surface area contributed by atoms with Gasteiger partial charge in [-0.05, 0) is 57.0 Å². The van der Waals surface area contributed by atoms with Crippen LogP contribution in [0.4, 0.5) is 0 Å². The maximum Gasteiger partial charge on any atom is 0.131 e. The molecule has 21 heavy (non-hydrogen) atoms. The van der Waals surface area contributed by atoms with Crippen LogP contribution in [0.1, 0.15) is 24.0 Å². The molecule has 0 aliphatic carbocycles. The lowest BCUT2D eigenvalue weighted by molar-refractivity contribution is 0.238. The van der Waals surface area contributed by atoms with Gasteiger partial charge in [0.25, 0.3) is 0 Å². The van der Waals surface area contributed by atoms with Crippen molar-refractivity contribution in [3.05, 3.63) is 36.0 Å². The third-order valence-electron chi connectivity index (χ3n) is 4.39. The molecule has 1 aliphatic heterocycles. The third kappa shape index (κ3) is 2.70. The Bertz CT molecular complexity index is 651. The lowest BCUT2D eigenvalue weighted by Gasteiger charge is -2.16. The molecule has 3 nitrogen and oxygen atoms in total. The van der Waals surface area contributed by atoms with Crippen LogP contribution in [0.15, 0.2) is 24.9 Å². The predicted octanol–water partition coefficient (Wildman–Crippen LogP) is 3.83. The van der Waals surface area contributed by atoms with E-state index >= 15 is 0 Å². The van der Waals surface area contributed by atoms with Crippen LogP contribution in [0.2, 0.25) is 0 Å². The first-order valence-corrected chi connectivity index (χ1v) is 7.79. The highest BCUT2D eigenvalue weighted by Gasteiger charge is 2.14. The smallest absolute Gasteiger partial charge is 0.131 e. The van der Waals surface area contributed by atoms with E-state index in [1.54, 1.807) is 0 Å². The molecule has 3 heteroatoms. The second kappa shape index (κ2) is 5.94. The summed E-state index contributed by atoms with van der Waals surface area (Å²) in [7, 11) is 0. The van der Waals surface area contributed by atoms with Gasteiger partial charge >= 0.3 is 0 Å². The van der Waals surface area contributed by atoms with E-state index in [2.05, 4.69) is 48.2 Å². The molecule has 0 radical (unpaired) electrons. The Labute approximate surface area is 126 Å². The summed E-state index contributed by atoms with van der Waals surface area (Å²) in [5.74, 6) is 1.03. The van der Waals surface area contributed by atoms with Crippen molar-refractivity contribution in [3.8, 4) is 5.75 Å². The number of aryl methyl sites for hydroxylation is 2. The molecule has 3 rings (SSSR count). The molecule has 0 spiro atoms. The second-order valence-corrected chi connectivity index (χ2v) is 5.90. The van der Waals surface area contributed by atoms with Crippen LogP contribution in [0, 0.1) is 13.8 Å². The van der Waals surface area contributed by atoms with E-state index in [9.17, 15) is 0 Å². The lowest BCUT2D eigenvalue weighted by atomic mass is 10.1. The fourth-order valence-electron chi connectivity index (χ4n) is 3.24. The van der Waals surface area contributed by atoms with Gasteiger partial charge in [-0.1, -0.05) is 12.6 Å². The van der Waals surface area contributed by atoms with E-state index < -0.39 is 0 Å². The van der Waals surface area contributed by atoms with Crippen LogP contribution in [-0.2, 0) is 0 Å². The minimum absolute atomic E-state index is 0.763. The largest absolute Gasteiger partial charge is 0.491 e. The predicted molar refractivity (Wildman–Crippen MR) is 89.0 cm³/mol. The van der Waals surface area contributed by atoms with E-state index in [1.165, 1.54) is 48.0 Å². The van der Waals surface area contributed by atoms with Crippen LogP contribution in [0.5, 0.6) is 5.75 Å². The Morgan fingerprint density at radius 1 is 1.19 bits per heavy atom. The van der Waals surface area contributed by atoms with Crippen LogP contribution in [0.25, 0.3) is 17.1 Å². The summed E-state index contributed by atoms with van der Waals surface area (Å²) in [4.78, 5) is 2.48. The van der Waals surface area contributed by atoms with Crippen molar-refractivity contribution >= 4 is 17.1 Å². The van der Waals surface area contributed by atoms with Gasteiger partial charge in [0.2, 0.25) is 0 Å². The molecule has 1 fully saturated rings. The molecule has 1 saturated heterocycles. The monoisotopic (exact) mass is 284 g/mol. The average molecular weight is 284 g/mol. The minimum atomic E-state index is 0.763. The van der Waals surface area contributed by atoms with E-state index in [4.69, 9.17) is 4.74 Å². The van der Waals surface area contributed by atoms with Crippen molar-refractivity contribution in [2.45, 2.75) is 26.7 Å². The highest BCUT2D eigenvalue weighted by Crippen LogP contribution is 2.33. The van der Waals surface area contributed by atoms with Gasteiger partial charge in [0, 0.05) is 24.3 Å². The molecule has 0 bridgehead atoms. The molecular formula is C18H24N2O. The number of fused-ring (bicyclic) bond motifs is 1. The number of aromatic nitrogens is 1. The van der Waals surface area contributed by atoms with E-state index in [-0.39, 0.29) is 0 Å². The van der Waals surface area contributed by atoms with E-state index in [0.29, 0.717) is 0 Å². The summed E-state index contributed by atoms with van der Waals surface area (Å²) in [6, 6.07) is 4.28. The molecule has 112 valence electrons. The number of nitrogens with zero attached hydrogens (tertiary/aromatic N) is 2. The number of rotatable bonds is 5. The van der Waals surface area contributed by atoms with Crippen LogP contribution in [-0.4, -0.2) is 35.7 Å². The fourth-order valence-corrected chi connectivity index (χ4v) is 3.24. The normalized spacial score (nSPS) is 15.7. The van der Waals surface area contributed by atoms with Crippen LogP contribution in [0.3, 0.4) is 0 Å². The zero-order valence-corrected chi connectivity index (χ0v) is 13.1. The van der Waals surface area contributed by atoms with Crippen molar-refractivity contribution in [2.75, 3.05) is 26.2 Å². The lowest BCUT2D eigenvalue weighted by Crippen LogP contribution is -2.25. The molecule has 1 aliphatic rings. The standard InChI is InChI=1S/C18H24N2O/c1-4-20-13-15(3)17-16(20)8-7-14(2)18(17)21-12-11-19-9-5-6-10-19/h4,7-8,13H,1,5-6,9-12H2,2-3H3. The third-order valence-corrected chi connectivity index (χ3v) is 4.39. The minimum Gasteiger partial charge on any atom is -0.491 e. The summed E-state index contributed by atoms with van der Waals surface area (Å²) in [6.45, 7) is 12.4. The van der Waals surface area contributed by atoms with Crippen molar-refractivity contribution in [3.63, 3.8) is 0 Å². The fraction of sp³-hybridized carbons (Fsp3) is 0.444. The van der Waals surface area contributed by atoms with Crippen molar-refractivity contribution < 1.29 is 4.74 Å². The number of likely N-dealkylation sites (tertiary alicyclic amines) is 1. The number of ether oxygens (including phenoxy) is 1. The second-order valence-electron chi connectivity index (χ2n) is 5.90. The highest BCUT2D eigenvalue weighted by molar-refractivity contribution is 5.92. The quantitative estimate of drug-likeness (QED) is 0.830. The Kier molecular flexibility index (Phi) is 4.02. The molecule has 0 atom stereocenters. The van der Waals surface area contributed by atoms with E-state index in [0.717, 1.165) is 18.9 Å². The van der Waals surface area contributed by atoms with Gasteiger partial charge in [-0.25, -0.2) is 0 Å². The van der Waals surface area contributed by atoms with E-state index in [1.807, 2.05) is 6.20 Å². The number of benzene rings is 1. The molecule has 2 heterocycles. The Hall–Kier alpha value is -1.74. The number of hydrogen-bond acceptors (Lipinski definition) is 2. The number of hydrogen-bond donors (Lipinski definition) is 0. The summed E-state index contributed by atoms with van der Waals surface area (Å²) in [5, 5.41) is 1.22. The maximum absolute atomic E-state index is 6.16. The molecule has 0 amide bonds. The Balaban J connectivity index is 1.84. The Morgan fingerprint density at radius 2 is 1.95 bits per heavy atom. The van der Waals surface area contributed by atoms with Crippen LogP contribution >= 0.6 is 0 Å². The maximum atomic E-state index is 6.16. The van der Waals surface area contributed by atoms with Crippen LogP contribution < -0.4 is 4.74 Å². The molecule has 2 aromatic rings. The van der Waals surface area contributed by atoms with Gasteiger partial charge in [0.1, 0.15) is 12.4 Å². The van der Waals surface area contributed by atoms with Gasteiger partial charge in [-0.3, -0.25) is 4.90 Å². The molecule has 0 unspecified atom stereocenters. The van der Waals surface area contributed by atoms with Crippen molar-refractivity contribution in [1.82, 2.24) is 9.47 Å². The summed E-state index contributed by atoms with van der Waals surface area (Å²) in [6.07, 6.45) is 6.62. The summed E-state index contributed by atoms with van der Waals surface area (Å²) < 4.78 is 8.23. The van der Waals surface area contributed by atoms with Gasteiger partial charge < -0.3 is 9.30 Å². The van der Waals surface area contributed by atoms with Gasteiger partial charge in [-0.15, -0.1) is 0 Å². The molecule has 0 saturated carbocycles.